The standard InChI is InChI=1S/C12H25NO4S/c1-11(2,3)9(13)7-18(15,16)8-10(14)17-12(4,5)6/h9H,7-8,13H2,1-6H3. The maximum absolute atomic E-state index is 11.8. The summed E-state index contributed by atoms with van der Waals surface area (Å²) in [5.74, 6) is -1.56. The smallest absolute Gasteiger partial charge is 0.321 e. The molecular weight excluding hydrogens is 254 g/mol. The number of rotatable bonds is 4. The van der Waals surface area contributed by atoms with Crippen molar-refractivity contribution in [2.75, 3.05) is 11.5 Å². The first-order valence-electron chi connectivity index (χ1n) is 5.91. The minimum Gasteiger partial charge on any atom is -0.459 e. The fraction of sp³-hybridized carbons (Fsp3) is 0.917. The Bertz CT molecular complexity index is 387. The van der Waals surface area contributed by atoms with Gasteiger partial charge in [0.15, 0.2) is 9.84 Å². The first-order valence-corrected chi connectivity index (χ1v) is 7.73. The number of hydrogen-bond donors (Lipinski definition) is 1. The fourth-order valence-corrected chi connectivity index (χ4v) is 2.72. The summed E-state index contributed by atoms with van der Waals surface area (Å²) in [5.41, 5.74) is 4.81. The van der Waals surface area contributed by atoms with Crippen LogP contribution < -0.4 is 5.73 Å². The number of ether oxygens (including phenoxy) is 1. The van der Waals surface area contributed by atoms with Crippen LogP contribution in [0.4, 0.5) is 0 Å². The summed E-state index contributed by atoms with van der Waals surface area (Å²) in [4.78, 5) is 11.5. The number of carbonyl (C=O) groups excluding carboxylic acids is 1. The Labute approximate surface area is 110 Å². The monoisotopic (exact) mass is 279 g/mol. The summed E-state index contributed by atoms with van der Waals surface area (Å²) < 4.78 is 28.6. The van der Waals surface area contributed by atoms with E-state index in [0.29, 0.717) is 0 Å². The van der Waals surface area contributed by atoms with E-state index in [9.17, 15) is 13.2 Å². The van der Waals surface area contributed by atoms with E-state index >= 15 is 0 Å². The molecule has 0 heterocycles. The van der Waals surface area contributed by atoms with E-state index in [2.05, 4.69) is 0 Å². The Hall–Kier alpha value is -0.620. The molecular formula is C12H25NO4S. The SMILES string of the molecule is CC(C)(C)OC(=O)CS(=O)(=O)CC(N)C(C)(C)C. The number of esters is 1. The molecule has 0 saturated heterocycles. The molecule has 5 nitrogen and oxygen atoms in total. The summed E-state index contributed by atoms with van der Waals surface area (Å²) in [6.07, 6.45) is 0. The molecule has 0 aromatic heterocycles. The van der Waals surface area contributed by atoms with Crippen molar-refractivity contribution in [3.8, 4) is 0 Å². The molecule has 0 rings (SSSR count). The molecule has 0 fully saturated rings. The second-order valence-electron chi connectivity index (χ2n) is 6.61. The Morgan fingerprint density at radius 2 is 1.61 bits per heavy atom. The third kappa shape index (κ3) is 7.66. The van der Waals surface area contributed by atoms with Crippen LogP contribution in [0.2, 0.25) is 0 Å². The highest BCUT2D eigenvalue weighted by molar-refractivity contribution is 7.92. The molecule has 1 atom stereocenters. The van der Waals surface area contributed by atoms with E-state index in [0.717, 1.165) is 0 Å². The number of sulfone groups is 1. The van der Waals surface area contributed by atoms with Crippen LogP contribution in [0.1, 0.15) is 41.5 Å². The molecule has 0 aliphatic carbocycles. The Morgan fingerprint density at radius 1 is 1.17 bits per heavy atom. The van der Waals surface area contributed by atoms with Gasteiger partial charge in [0, 0.05) is 6.04 Å². The summed E-state index contributed by atoms with van der Waals surface area (Å²) >= 11 is 0. The lowest BCUT2D eigenvalue weighted by Gasteiger charge is -2.26. The third-order valence-corrected chi connectivity index (χ3v) is 3.85. The maximum Gasteiger partial charge on any atom is 0.321 e. The Kier molecular flexibility index (Phi) is 5.38. The minimum absolute atomic E-state index is 0.213. The summed E-state index contributed by atoms with van der Waals surface area (Å²) in [6.45, 7) is 10.7. The Balaban J connectivity index is 4.55. The van der Waals surface area contributed by atoms with Gasteiger partial charge in [-0.05, 0) is 26.2 Å². The van der Waals surface area contributed by atoms with Gasteiger partial charge in [-0.3, -0.25) is 4.79 Å². The van der Waals surface area contributed by atoms with Crippen molar-refractivity contribution in [2.24, 2.45) is 11.1 Å². The van der Waals surface area contributed by atoms with Crippen LogP contribution in [0, 0.1) is 5.41 Å². The van der Waals surface area contributed by atoms with Crippen molar-refractivity contribution in [3.63, 3.8) is 0 Å². The van der Waals surface area contributed by atoms with Crippen LogP contribution in [0.15, 0.2) is 0 Å². The topological polar surface area (TPSA) is 86.5 Å². The molecule has 0 saturated carbocycles. The highest BCUT2D eigenvalue weighted by Crippen LogP contribution is 2.19. The second-order valence-corrected chi connectivity index (χ2v) is 8.72. The minimum atomic E-state index is -3.54. The molecule has 1 unspecified atom stereocenters. The lowest BCUT2D eigenvalue weighted by molar-refractivity contribution is -0.151. The zero-order chi connectivity index (χ0) is 14.8. The Morgan fingerprint density at radius 3 is 1.94 bits per heavy atom. The molecule has 0 radical (unpaired) electrons. The average Bonchev–Trinajstić information content (AvgIpc) is 1.94. The first kappa shape index (κ1) is 17.4. The zero-order valence-corrected chi connectivity index (χ0v) is 12.9. The largest absolute Gasteiger partial charge is 0.459 e. The van der Waals surface area contributed by atoms with Gasteiger partial charge in [-0.15, -0.1) is 0 Å². The van der Waals surface area contributed by atoms with Crippen molar-refractivity contribution in [3.05, 3.63) is 0 Å². The van der Waals surface area contributed by atoms with Crippen molar-refractivity contribution >= 4 is 15.8 Å². The lowest BCUT2D eigenvalue weighted by atomic mass is 9.89. The summed E-state index contributed by atoms with van der Waals surface area (Å²) in [6, 6.07) is -0.509. The maximum atomic E-state index is 11.8. The highest BCUT2D eigenvalue weighted by Gasteiger charge is 2.29. The van der Waals surface area contributed by atoms with Crippen molar-refractivity contribution in [2.45, 2.75) is 53.2 Å². The van der Waals surface area contributed by atoms with Gasteiger partial charge in [0.1, 0.15) is 11.4 Å². The number of nitrogens with two attached hydrogens (primary N) is 1. The number of hydrogen-bond acceptors (Lipinski definition) is 5. The van der Waals surface area contributed by atoms with Crippen LogP contribution in [0.3, 0.4) is 0 Å². The van der Waals surface area contributed by atoms with Gasteiger partial charge in [0.25, 0.3) is 0 Å². The highest BCUT2D eigenvalue weighted by atomic mass is 32.2. The predicted octanol–water partition coefficient (Wildman–Crippen LogP) is 1.12. The van der Waals surface area contributed by atoms with Crippen LogP contribution >= 0.6 is 0 Å². The van der Waals surface area contributed by atoms with Gasteiger partial charge in [-0.1, -0.05) is 20.8 Å². The molecule has 0 spiro atoms. The molecule has 18 heavy (non-hydrogen) atoms. The molecule has 0 amide bonds. The second kappa shape index (κ2) is 5.57. The van der Waals surface area contributed by atoms with Gasteiger partial charge in [0.2, 0.25) is 0 Å². The van der Waals surface area contributed by atoms with E-state index in [1.807, 2.05) is 20.8 Å². The summed E-state index contributed by atoms with van der Waals surface area (Å²) in [7, 11) is -3.54. The van der Waals surface area contributed by atoms with Crippen molar-refractivity contribution < 1.29 is 17.9 Å². The van der Waals surface area contributed by atoms with Gasteiger partial charge in [-0.2, -0.15) is 0 Å². The molecule has 0 aromatic carbocycles. The van der Waals surface area contributed by atoms with Crippen molar-refractivity contribution in [1.82, 2.24) is 0 Å². The average molecular weight is 279 g/mol. The fourth-order valence-electron chi connectivity index (χ4n) is 1.13. The van der Waals surface area contributed by atoms with Crippen LogP contribution in [0.5, 0.6) is 0 Å². The number of carbonyl (C=O) groups is 1. The normalized spacial score (nSPS) is 15.3. The molecule has 0 aliphatic rings. The van der Waals surface area contributed by atoms with E-state index in [1.165, 1.54) is 0 Å². The quantitative estimate of drug-likeness (QED) is 0.779. The van der Waals surface area contributed by atoms with Crippen LogP contribution in [0.25, 0.3) is 0 Å². The molecule has 0 aliphatic heterocycles. The zero-order valence-electron chi connectivity index (χ0n) is 12.1. The van der Waals surface area contributed by atoms with E-state index in [-0.39, 0.29) is 11.2 Å². The van der Waals surface area contributed by atoms with Crippen molar-refractivity contribution in [1.29, 1.82) is 0 Å². The summed E-state index contributed by atoms with van der Waals surface area (Å²) in [5, 5.41) is 0. The molecule has 0 bridgehead atoms. The molecule has 0 aromatic rings. The van der Waals surface area contributed by atoms with Gasteiger partial charge >= 0.3 is 5.97 Å². The molecule has 108 valence electrons. The van der Waals surface area contributed by atoms with E-state index in [4.69, 9.17) is 10.5 Å². The van der Waals surface area contributed by atoms with Crippen LogP contribution in [-0.2, 0) is 19.4 Å². The third-order valence-electron chi connectivity index (χ3n) is 2.30. The van der Waals surface area contributed by atoms with Gasteiger partial charge < -0.3 is 10.5 Å². The van der Waals surface area contributed by atoms with Gasteiger partial charge in [-0.25, -0.2) is 8.42 Å². The van der Waals surface area contributed by atoms with Gasteiger partial charge in [0.05, 0.1) is 5.75 Å². The first-order chi connectivity index (χ1) is 7.73. The molecule has 6 heteroatoms. The lowest BCUT2D eigenvalue weighted by Crippen LogP contribution is -2.42. The van der Waals surface area contributed by atoms with E-state index in [1.54, 1.807) is 20.8 Å². The predicted molar refractivity (Wildman–Crippen MR) is 71.9 cm³/mol. The van der Waals surface area contributed by atoms with Crippen LogP contribution in [-0.4, -0.2) is 37.5 Å². The van der Waals surface area contributed by atoms with E-state index < -0.39 is 33.2 Å². The molecule has 2 N–H and O–H groups in total.